The van der Waals surface area contributed by atoms with Crippen molar-refractivity contribution in [1.82, 2.24) is 0 Å². The molecule has 1 rings (SSSR count). The third-order valence-electron chi connectivity index (χ3n) is 2.37. The molecule has 5 nitrogen and oxygen atoms in total. The fraction of sp³-hybridized carbons (Fsp3) is 0.333. The minimum atomic E-state index is -1.28. The maximum absolute atomic E-state index is 9.84. The summed E-state index contributed by atoms with van der Waals surface area (Å²) in [5.74, 6) is 0.327. The number of rotatable bonds is 4. The van der Waals surface area contributed by atoms with Gasteiger partial charge in [0.05, 0.1) is 31.3 Å². The van der Waals surface area contributed by atoms with Crippen molar-refractivity contribution in [2.75, 3.05) is 7.11 Å². The van der Waals surface area contributed by atoms with E-state index in [1.807, 2.05) is 6.07 Å². The molecule has 0 amide bonds. The number of aliphatic hydroxyl groups is 2. The molecule has 2 unspecified atom stereocenters. The van der Waals surface area contributed by atoms with Gasteiger partial charge in [-0.25, -0.2) is 0 Å². The molecule has 2 atom stereocenters. The first-order chi connectivity index (χ1) is 8.15. The van der Waals surface area contributed by atoms with Crippen LogP contribution < -0.4 is 4.74 Å². The van der Waals surface area contributed by atoms with Gasteiger partial charge in [-0.1, -0.05) is 12.1 Å². The maximum atomic E-state index is 9.84. The molecule has 0 aliphatic rings. The summed E-state index contributed by atoms with van der Waals surface area (Å²) in [4.78, 5) is 0. The molecule has 0 aliphatic carbocycles. The number of hydrogen-bond donors (Lipinski definition) is 2. The van der Waals surface area contributed by atoms with Gasteiger partial charge in [0, 0.05) is 5.56 Å². The van der Waals surface area contributed by atoms with Crippen LogP contribution in [0.3, 0.4) is 0 Å². The summed E-state index contributed by atoms with van der Waals surface area (Å²) in [6, 6.07) is 8.39. The zero-order valence-corrected chi connectivity index (χ0v) is 9.29. The van der Waals surface area contributed by atoms with Crippen LogP contribution in [0.4, 0.5) is 0 Å². The number of benzene rings is 1. The first-order valence-corrected chi connectivity index (χ1v) is 4.95. The Balaban J connectivity index is 3.14. The van der Waals surface area contributed by atoms with Gasteiger partial charge in [-0.05, 0) is 6.07 Å². The topological polar surface area (TPSA) is 97.3 Å². The Morgan fingerprint density at radius 2 is 2.06 bits per heavy atom. The van der Waals surface area contributed by atoms with Crippen LogP contribution in [-0.2, 0) is 0 Å². The molecule has 88 valence electrons. The molecule has 0 radical (unpaired) electrons. The Morgan fingerprint density at radius 3 is 2.59 bits per heavy atom. The van der Waals surface area contributed by atoms with E-state index in [1.54, 1.807) is 18.2 Å². The Hall–Kier alpha value is -2.08. The van der Waals surface area contributed by atoms with Gasteiger partial charge in [-0.2, -0.15) is 10.5 Å². The number of aliphatic hydroxyl groups excluding tert-OH is 2. The molecule has 1 aromatic rings. The highest BCUT2D eigenvalue weighted by molar-refractivity contribution is 5.49. The summed E-state index contributed by atoms with van der Waals surface area (Å²) in [6.45, 7) is 0. The monoisotopic (exact) mass is 232 g/mol. The van der Waals surface area contributed by atoms with Crippen LogP contribution in [0.25, 0.3) is 0 Å². The zero-order valence-electron chi connectivity index (χ0n) is 9.29. The van der Waals surface area contributed by atoms with Crippen molar-refractivity contribution in [3.05, 3.63) is 29.3 Å². The standard InChI is InChI=1S/C12H12N2O3/c1-17-11-4-2-3-8(9(11)7-14)12(16)10(15)5-6-13/h2-4,10,12,15-16H,5H2,1H3. The van der Waals surface area contributed by atoms with Crippen molar-refractivity contribution < 1.29 is 14.9 Å². The largest absolute Gasteiger partial charge is 0.495 e. The zero-order chi connectivity index (χ0) is 12.8. The molecule has 0 bridgehead atoms. The lowest BCUT2D eigenvalue weighted by molar-refractivity contribution is 0.0213. The van der Waals surface area contributed by atoms with Gasteiger partial charge in [0.2, 0.25) is 0 Å². The van der Waals surface area contributed by atoms with Crippen LogP contribution in [0, 0.1) is 22.7 Å². The predicted molar refractivity (Wildman–Crippen MR) is 58.9 cm³/mol. The minimum absolute atomic E-state index is 0.166. The maximum Gasteiger partial charge on any atom is 0.137 e. The molecule has 0 heterocycles. The molecular weight excluding hydrogens is 220 g/mol. The van der Waals surface area contributed by atoms with Crippen molar-refractivity contribution in [2.24, 2.45) is 0 Å². The van der Waals surface area contributed by atoms with Crippen molar-refractivity contribution in [3.63, 3.8) is 0 Å². The lowest BCUT2D eigenvalue weighted by Gasteiger charge is -2.17. The molecule has 17 heavy (non-hydrogen) atoms. The van der Waals surface area contributed by atoms with Crippen LogP contribution in [0.2, 0.25) is 0 Å². The molecule has 0 aromatic heterocycles. The highest BCUT2D eigenvalue weighted by Crippen LogP contribution is 2.28. The van der Waals surface area contributed by atoms with Crippen LogP contribution >= 0.6 is 0 Å². The summed E-state index contributed by atoms with van der Waals surface area (Å²) < 4.78 is 4.99. The molecule has 0 saturated carbocycles. The highest BCUT2D eigenvalue weighted by Gasteiger charge is 2.22. The summed E-state index contributed by atoms with van der Waals surface area (Å²) in [5, 5.41) is 36.8. The minimum Gasteiger partial charge on any atom is -0.495 e. The lowest BCUT2D eigenvalue weighted by Crippen LogP contribution is -2.18. The van der Waals surface area contributed by atoms with Crippen molar-refractivity contribution in [3.8, 4) is 17.9 Å². The fourth-order valence-corrected chi connectivity index (χ4v) is 1.50. The van der Waals surface area contributed by atoms with Crippen molar-refractivity contribution in [2.45, 2.75) is 18.6 Å². The van der Waals surface area contributed by atoms with Crippen molar-refractivity contribution in [1.29, 1.82) is 10.5 Å². The smallest absolute Gasteiger partial charge is 0.137 e. The summed E-state index contributed by atoms with van der Waals surface area (Å²) in [5.41, 5.74) is 0.425. The Morgan fingerprint density at radius 1 is 1.35 bits per heavy atom. The van der Waals surface area contributed by atoms with E-state index in [1.165, 1.54) is 13.2 Å². The molecule has 0 spiro atoms. The van der Waals surface area contributed by atoms with Gasteiger partial charge in [0.1, 0.15) is 17.9 Å². The van der Waals surface area contributed by atoms with E-state index >= 15 is 0 Å². The van der Waals surface area contributed by atoms with E-state index in [9.17, 15) is 10.2 Å². The Bertz CT molecular complexity index is 474. The van der Waals surface area contributed by atoms with Gasteiger partial charge in [-0.15, -0.1) is 0 Å². The van der Waals surface area contributed by atoms with Crippen LogP contribution in [0.15, 0.2) is 18.2 Å². The number of methoxy groups -OCH3 is 1. The van der Waals surface area contributed by atoms with Gasteiger partial charge < -0.3 is 14.9 Å². The third kappa shape index (κ3) is 2.73. The first kappa shape index (κ1) is 13.0. The second-order valence-electron chi connectivity index (χ2n) is 3.41. The summed E-state index contributed by atoms with van der Waals surface area (Å²) in [7, 11) is 1.41. The first-order valence-electron chi connectivity index (χ1n) is 4.95. The Labute approximate surface area is 99.1 Å². The molecule has 2 N–H and O–H groups in total. The number of ether oxygens (including phenoxy) is 1. The molecule has 1 aromatic carbocycles. The van der Waals surface area contributed by atoms with Crippen LogP contribution in [0.1, 0.15) is 23.7 Å². The molecule has 0 saturated heterocycles. The average Bonchev–Trinajstić information content (AvgIpc) is 2.36. The second kappa shape index (κ2) is 5.86. The molecular formula is C12H12N2O3. The predicted octanol–water partition coefficient (Wildman–Crippen LogP) is 0.875. The van der Waals surface area contributed by atoms with Gasteiger partial charge >= 0.3 is 0 Å². The third-order valence-corrected chi connectivity index (χ3v) is 2.37. The van der Waals surface area contributed by atoms with Gasteiger partial charge in [-0.3, -0.25) is 0 Å². The Kier molecular flexibility index (Phi) is 4.47. The van der Waals surface area contributed by atoms with E-state index in [0.717, 1.165) is 0 Å². The molecule has 0 aliphatic heterocycles. The average molecular weight is 232 g/mol. The van der Waals surface area contributed by atoms with Gasteiger partial charge in [0.25, 0.3) is 0 Å². The fourth-order valence-electron chi connectivity index (χ4n) is 1.50. The highest BCUT2D eigenvalue weighted by atomic mass is 16.5. The lowest BCUT2D eigenvalue weighted by atomic mass is 9.97. The van der Waals surface area contributed by atoms with Gasteiger partial charge in [0.15, 0.2) is 0 Å². The normalized spacial score (nSPS) is 13.2. The quantitative estimate of drug-likeness (QED) is 0.802. The van der Waals surface area contributed by atoms with E-state index < -0.39 is 12.2 Å². The van der Waals surface area contributed by atoms with Crippen molar-refractivity contribution >= 4 is 0 Å². The molecule has 0 fully saturated rings. The summed E-state index contributed by atoms with van der Waals surface area (Å²) in [6.07, 6.45) is -2.71. The van der Waals surface area contributed by atoms with E-state index in [2.05, 4.69) is 0 Å². The second-order valence-corrected chi connectivity index (χ2v) is 3.41. The molecule has 5 heteroatoms. The van der Waals surface area contributed by atoms with E-state index in [-0.39, 0.29) is 17.5 Å². The number of nitriles is 2. The SMILES string of the molecule is COc1cccc(C(O)C(O)CC#N)c1C#N. The van der Waals surface area contributed by atoms with E-state index in [4.69, 9.17) is 15.3 Å². The van der Waals surface area contributed by atoms with E-state index in [0.29, 0.717) is 5.75 Å². The van der Waals surface area contributed by atoms with Crippen LogP contribution in [0.5, 0.6) is 5.75 Å². The number of hydrogen-bond acceptors (Lipinski definition) is 5. The summed E-state index contributed by atoms with van der Waals surface area (Å²) >= 11 is 0. The van der Waals surface area contributed by atoms with Crippen LogP contribution in [-0.4, -0.2) is 23.4 Å². The number of nitrogens with zero attached hydrogens (tertiary/aromatic N) is 2.